The van der Waals surface area contributed by atoms with Crippen molar-refractivity contribution in [2.45, 2.75) is 44.3 Å². The van der Waals surface area contributed by atoms with E-state index in [1.807, 2.05) is 4.90 Å². The second-order valence-corrected chi connectivity index (χ2v) is 6.98. The Kier molecular flexibility index (Phi) is 4.17. The molecule has 0 saturated carbocycles. The number of tetrazole rings is 1. The molecule has 3 fully saturated rings. The minimum atomic E-state index is -0.347. The Bertz CT molecular complexity index is 605. The molecule has 4 rings (SSSR count). The maximum Gasteiger partial charge on any atom is 0.243 e. The molecule has 4 heterocycles. The lowest BCUT2D eigenvalue weighted by atomic mass is 9.72. The van der Waals surface area contributed by atoms with Crippen molar-refractivity contribution in [3.05, 3.63) is 6.33 Å². The minimum Gasteiger partial charge on any atom is -0.352 e. The van der Waals surface area contributed by atoms with Gasteiger partial charge in [0.25, 0.3) is 0 Å². The van der Waals surface area contributed by atoms with E-state index >= 15 is 0 Å². The summed E-state index contributed by atoms with van der Waals surface area (Å²) in [7, 11) is 0. The maximum absolute atomic E-state index is 12.8. The van der Waals surface area contributed by atoms with Crippen molar-refractivity contribution in [2.75, 3.05) is 19.6 Å². The van der Waals surface area contributed by atoms with Gasteiger partial charge in [0.15, 0.2) is 0 Å². The van der Waals surface area contributed by atoms with E-state index in [-0.39, 0.29) is 29.8 Å². The molecule has 4 atom stereocenters. The van der Waals surface area contributed by atoms with Gasteiger partial charge in [-0.15, -0.1) is 5.10 Å². The predicted octanol–water partition coefficient (Wildman–Crippen LogP) is -1.22. The lowest BCUT2D eigenvalue weighted by Crippen LogP contribution is -2.68. The molecule has 1 aromatic rings. The first kappa shape index (κ1) is 15.5. The van der Waals surface area contributed by atoms with Crippen LogP contribution in [0.3, 0.4) is 0 Å². The Hall–Kier alpha value is -2.03. The van der Waals surface area contributed by atoms with Gasteiger partial charge in [-0.05, 0) is 42.2 Å². The third-order valence-corrected chi connectivity index (χ3v) is 5.54. The maximum atomic E-state index is 12.8. The minimum absolute atomic E-state index is 0.0459. The highest BCUT2D eigenvalue weighted by Gasteiger charge is 2.50. The van der Waals surface area contributed by atoms with E-state index in [1.165, 1.54) is 6.33 Å². The summed E-state index contributed by atoms with van der Waals surface area (Å²) in [6, 6.07) is -0.133. The number of hydrogen-bond donors (Lipinski definition) is 2. The highest BCUT2D eigenvalue weighted by Crippen LogP contribution is 2.39. The van der Waals surface area contributed by atoms with E-state index in [9.17, 15) is 9.59 Å². The predicted molar refractivity (Wildman–Crippen MR) is 83.6 cm³/mol. The molecule has 2 amide bonds. The number of nitrogens with zero attached hydrogens (tertiary/aromatic N) is 5. The molecule has 3 aliphatic rings. The molecule has 24 heavy (non-hydrogen) atoms. The average Bonchev–Trinajstić information content (AvgIpc) is 3.10. The lowest BCUT2D eigenvalue weighted by molar-refractivity contribution is -0.157. The van der Waals surface area contributed by atoms with E-state index in [4.69, 9.17) is 0 Å². The van der Waals surface area contributed by atoms with Crippen LogP contribution in [0.25, 0.3) is 0 Å². The van der Waals surface area contributed by atoms with Crippen LogP contribution in [-0.2, 0) is 16.1 Å². The summed E-state index contributed by atoms with van der Waals surface area (Å²) in [5.41, 5.74) is 0. The summed E-state index contributed by atoms with van der Waals surface area (Å²) < 4.78 is 1.58. The molecular formula is C15H23N7O2. The molecule has 130 valence electrons. The van der Waals surface area contributed by atoms with Crippen LogP contribution in [0.1, 0.15) is 25.7 Å². The van der Waals surface area contributed by atoms with Crippen molar-refractivity contribution < 1.29 is 9.59 Å². The molecular weight excluding hydrogens is 310 g/mol. The first-order chi connectivity index (χ1) is 11.7. The van der Waals surface area contributed by atoms with Gasteiger partial charge in [0.05, 0.1) is 6.54 Å². The van der Waals surface area contributed by atoms with Gasteiger partial charge in [-0.1, -0.05) is 0 Å². The van der Waals surface area contributed by atoms with Crippen molar-refractivity contribution in [2.24, 2.45) is 11.8 Å². The summed E-state index contributed by atoms with van der Waals surface area (Å²) >= 11 is 0. The van der Waals surface area contributed by atoms with Gasteiger partial charge in [-0.3, -0.25) is 9.59 Å². The molecule has 3 saturated heterocycles. The second kappa shape index (κ2) is 6.46. The molecule has 1 aromatic heterocycles. The van der Waals surface area contributed by atoms with Gasteiger partial charge in [0.2, 0.25) is 11.8 Å². The molecule has 0 unspecified atom stereocenters. The first-order valence-electron chi connectivity index (χ1n) is 8.74. The van der Waals surface area contributed by atoms with Crippen LogP contribution in [0.2, 0.25) is 0 Å². The van der Waals surface area contributed by atoms with Gasteiger partial charge in [-0.25, -0.2) is 4.68 Å². The number of hydrogen-bond acceptors (Lipinski definition) is 6. The van der Waals surface area contributed by atoms with E-state index in [2.05, 4.69) is 26.2 Å². The number of piperidine rings is 3. The Morgan fingerprint density at radius 2 is 2.25 bits per heavy atom. The number of aromatic nitrogens is 4. The highest BCUT2D eigenvalue weighted by atomic mass is 16.2. The molecule has 3 aliphatic heterocycles. The topological polar surface area (TPSA) is 105 Å². The number of rotatable bonds is 4. The molecule has 0 aromatic carbocycles. The number of fused-ring (bicyclic) bond motifs is 4. The molecule has 2 N–H and O–H groups in total. The Morgan fingerprint density at radius 3 is 3.08 bits per heavy atom. The van der Waals surface area contributed by atoms with Crippen LogP contribution >= 0.6 is 0 Å². The van der Waals surface area contributed by atoms with Gasteiger partial charge in [-0.2, -0.15) is 0 Å². The second-order valence-electron chi connectivity index (χ2n) is 6.98. The van der Waals surface area contributed by atoms with E-state index < -0.39 is 0 Å². The zero-order chi connectivity index (χ0) is 16.5. The summed E-state index contributed by atoms with van der Waals surface area (Å²) in [6.45, 7) is 2.74. The van der Waals surface area contributed by atoms with E-state index in [0.717, 1.165) is 32.4 Å². The van der Waals surface area contributed by atoms with Crippen molar-refractivity contribution in [1.29, 1.82) is 0 Å². The molecule has 0 spiro atoms. The summed E-state index contributed by atoms with van der Waals surface area (Å²) in [5.74, 6) is 0.785. The Labute approximate surface area is 140 Å². The van der Waals surface area contributed by atoms with Crippen LogP contribution in [0.5, 0.6) is 0 Å². The van der Waals surface area contributed by atoms with E-state index in [0.29, 0.717) is 25.4 Å². The summed E-state index contributed by atoms with van der Waals surface area (Å²) in [4.78, 5) is 27.3. The van der Waals surface area contributed by atoms with Crippen molar-refractivity contribution in [3.63, 3.8) is 0 Å². The van der Waals surface area contributed by atoms with Gasteiger partial charge in [0.1, 0.15) is 12.4 Å². The Balaban J connectivity index is 1.46. The van der Waals surface area contributed by atoms with Crippen molar-refractivity contribution >= 4 is 11.8 Å². The zero-order valence-electron chi connectivity index (χ0n) is 13.6. The molecule has 0 radical (unpaired) electrons. The van der Waals surface area contributed by atoms with Gasteiger partial charge in [0, 0.05) is 31.5 Å². The number of nitrogens with one attached hydrogen (secondary N) is 2. The number of carbonyl (C=O) groups is 2. The normalized spacial score (nSPS) is 32.3. The quantitative estimate of drug-likeness (QED) is 0.715. The number of carbonyl (C=O) groups excluding carboxylic acids is 2. The van der Waals surface area contributed by atoms with Crippen LogP contribution < -0.4 is 10.6 Å². The van der Waals surface area contributed by atoms with Gasteiger partial charge < -0.3 is 15.5 Å². The standard InChI is InChI=1S/C15H23N7O2/c23-13-3-1-2-12-10-6-11(8-16-7-10)14(22(12)13)15(24)17-4-5-21-9-18-19-20-21/h9-12,14,16H,1-8H2,(H,17,24)/t10-,11+,12+,14-/m1/s1. The third kappa shape index (κ3) is 2.77. The van der Waals surface area contributed by atoms with E-state index in [1.54, 1.807) is 4.68 Å². The third-order valence-electron chi connectivity index (χ3n) is 5.54. The lowest BCUT2D eigenvalue weighted by Gasteiger charge is -2.53. The summed E-state index contributed by atoms with van der Waals surface area (Å²) in [5, 5.41) is 17.3. The smallest absolute Gasteiger partial charge is 0.243 e. The fraction of sp³-hybridized carbons (Fsp3) is 0.800. The molecule has 9 heteroatoms. The van der Waals surface area contributed by atoms with Gasteiger partial charge >= 0.3 is 0 Å². The van der Waals surface area contributed by atoms with Crippen molar-refractivity contribution in [1.82, 2.24) is 35.7 Å². The first-order valence-corrected chi connectivity index (χ1v) is 8.74. The fourth-order valence-electron chi connectivity index (χ4n) is 4.53. The van der Waals surface area contributed by atoms with Crippen molar-refractivity contribution in [3.8, 4) is 0 Å². The van der Waals surface area contributed by atoms with Crippen LogP contribution in [0, 0.1) is 11.8 Å². The average molecular weight is 333 g/mol. The number of amides is 2. The van der Waals surface area contributed by atoms with Crippen LogP contribution in [0.15, 0.2) is 6.33 Å². The zero-order valence-corrected chi connectivity index (χ0v) is 13.6. The highest BCUT2D eigenvalue weighted by molar-refractivity contribution is 5.89. The summed E-state index contributed by atoms with van der Waals surface area (Å²) in [6.07, 6.45) is 5.07. The largest absolute Gasteiger partial charge is 0.352 e. The molecule has 9 nitrogen and oxygen atoms in total. The molecule has 2 bridgehead atoms. The van der Waals surface area contributed by atoms with Crippen LogP contribution in [0.4, 0.5) is 0 Å². The molecule has 0 aliphatic carbocycles. The Morgan fingerprint density at radius 1 is 1.38 bits per heavy atom. The fourth-order valence-corrected chi connectivity index (χ4v) is 4.53. The monoisotopic (exact) mass is 333 g/mol. The SMILES string of the molecule is O=C(NCCn1cnnn1)[C@H]1[C@@H]2CNC[C@@H](C2)[C@@H]2CCCC(=O)N21. The van der Waals surface area contributed by atoms with Crippen LogP contribution in [-0.4, -0.2) is 68.6 Å².